The first-order valence-electron chi connectivity index (χ1n) is 3.26. The van der Waals surface area contributed by atoms with Crippen molar-refractivity contribution in [3.63, 3.8) is 0 Å². The highest BCUT2D eigenvalue weighted by molar-refractivity contribution is 7.80. The lowest BCUT2D eigenvalue weighted by Gasteiger charge is -2.02. The average Bonchev–Trinajstić information content (AvgIpc) is 1.85. The zero-order chi connectivity index (χ0) is 7.98. The average molecular weight is 159 g/mol. The van der Waals surface area contributed by atoms with E-state index in [9.17, 15) is 0 Å². The van der Waals surface area contributed by atoms with Gasteiger partial charge < -0.3 is 11.1 Å². The molecule has 0 spiro atoms. The van der Waals surface area contributed by atoms with E-state index in [0.717, 1.165) is 11.5 Å². The molecule has 4 N–H and O–H groups in total. The van der Waals surface area contributed by atoms with Crippen LogP contribution < -0.4 is 11.1 Å². The topological polar surface area (TPSA) is 61.9 Å². The number of hydrogen-bond donors (Lipinski definition) is 3. The second kappa shape index (κ2) is 5.17. The highest BCUT2D eigenvalue weighted by Crippen LogP contribution is 1.88. The Labute approximate surface area is 66.5 Å². The summed E-state index contributed by atoms with van der Waals surface area (Å²) in [6.07, 6.45) is 1.25. The molecule has 0 aromatic rings. The molecule has 0 bridgehead atoms. The Morgan fingerprint density at radius 2 is 2.20 bits per heavy atom. The lowest BCUT2D eigenvalue weighted by atomic mass is 10.3. The van der Waals surface area contributed by atoms with Crippen molar-refractivity contribution in [2.45, 2.75) is 19.8 Å². The van der Waals surface area contributed by atoms with Gasteiger partial charge in [0, 0.05) is 19.4 Å². The Hall–Kier alpha value is -0.640. The lowest BCUT2D eigenvalue weighted by Crippen LogP contribution is -2.22. The zero-order valence-electron chi connectivity index (χ0n) is 6.11. The quantitative estimate of drug-likeness (QED) is 0.320. The van der Waals surface area contributed by atoms with E-state index in [0.29, 0.717) is 12.8 Å². The molecule has 0 fully saturated rings. The molecule has 0 aliphatic heterocycles. The van der Waals surface area contributed by atoms with Crippen molar-refractivity contribution in [1.29, 1.82) is 5.41 Å². The van der Waals surface area contributed by atoms with Crippen molar-refractivity contribution >= 4 is 23.0 Å². The number of hydrogen-bond acceptors (Lipinski definition) is 2. The van der Waals surface area contributed by atoms with Gasteiger partial charge in [0.05, 0.1) is 10.8 Å². The van der Waals surface area contributed by atoms with Crippen LogP contribution in [0.5, 0.6) is 0 Å². The monoisotopic (exact) mass is 159 g/mol. The van der Waals surface area contributed by atoms with Crippen LogP contribution in [0.4, 0.5) is 0 Å². The summed E-state index contributed by atoms with van der Waals surface area (Å²) < 4.78 is 0. The van der Waals surface area contributed by atoms with Crippen LogP contribution in [0.2, 0.25) is 0 Å². The molecular formula is C6H13N3S. The fourth-order valence-electron chi connectivity index (χ4n) is 0.534. The number of nitrogens with two attached hydrogens (primary N) is 1. The molecule has 0 saturated heterocycles. The van der Waals surface area contributed by atoms with Crippen molar-refractivity contribution in [1.82, 2.24) is 5.32 Å². The molecule has 0 amide bonds. The molecule has 0 aliphatic carbocycles. The minimum atomic E-state index is 0.195. The Bertz CT molecular complexity index is 133. The van der Waals surface area contributed by atoms with E-state index in [2.05, 4.69) is 5.32 Å². The molecule has 10 heavy (non-hydrogen) atoms. The SMILES string of the molecule is CCNC(=S)CCC(=N)N. The van der Waals surface area contributed by atoms with E-state index >= 15 is 0 Å². The standard InChI is InChI=1S/C6H13N3S/c1-2-9-6(10)4-3-5(7)8/h2-4H2,1H3,(H3,7,8)(H,9,10). The van der Waals surface area contributed by atoms with Gasteiger partial charge in [0.15, 0.2) is 0 Å². The summed E-state index contributed by atoms with van der Waals surface area (Å²) in [5.41, 5.74) is 5.13. The summed E-state index contributed by atoms with van der Waals surface area (Å²) in [4.78, 5) is 0.790. The zero-order valence-corrected chi connectivity index (χ0v) is 6.92. The van der Waals surface area contributed by atoms with Crippen molar-refractivity contribution < 1.29 is 0 Å². The number of amidine groups is 1. The van der Waals surface area contributed by atoms with Gasteiger partial charge in [-0.05, 0) is 6.92 Å². The highest BCUT2D eigenvalue weighted by atomic mass is 32.1. The van der Waals surface area contributed by atoms with Gasteiger partial charge in [-0.3, -0.25) is 5.41 Å². The third-order valence-electron chi connectivity index (χ3n) is 0.995. The van der Waals surface area contributed by atoms with Crippen LogP contribution in [0.1, 0.15) is 19.8 Å². The van der Waals surface area contributed by atoms with Crippen LogP contribution >= 0.6 is 12.2 Å². The minimum absolute atomic E-state index is 0.195. The van der Waals surface area contributed by atoms with Gasteiger partial charge in [0.2, 0.25) is 0 Å². The van der Waals surface area contributed by atoms with Gasteiger partial charge in [-0.2, -0.15) is 0 Å². The van der Waals surface area contributed by atoms with Crippen LogP contribution in [0.3, 0.4) is 0 Å². The highest BCUT2D eigenvalue weighted by Gasteiger charge is 1.94. The minimum Gasteiger partial charge on any atom is -0.388 e. The predicted molar refractivity (Wildman–Crippen MR) is 47.4 cm³/mol. The third kappa shape index (κ3) is 5.50. The molecular weight excluding hydrogens is 146 g/mol. The summed E-state index contributed by atoms with van der Waals surface area (Å²) in [7, 11) is 0. The molecule has 58 valence electrons. The second-order valence-corrected chi connectivity index (χ2v) is 2.47. The second-order valence-electron chi connectivity index (χ2n) is 1.98. The molecule has 0 atom stereocenters. The lowest BCUT2D eigenvalue weighted by molar-refractivity contribution is 0.940. The van der Waals surface area contributed by atoms with Crippen molar-refractivity contribution in [2.24, 2.45) is 5.73 Å². The summed E-state index contributed by atoms with van der Waals surface area (Å²) in [5.74, 6) is 0.195. The number of nitrogens with one attached hydrogen (secondary N) is 2. The summed E-state index contributed by atoms with van der Waals surface area (Å²) in [6, 6.07) is 0. The Morgan fingerprint density at radius 1 is 1.60 bits per heavy atom. The van der Waals surface area contributed by atoms with E-state index in [-0.39, 0.29) is 5.84 Å². The molecule has 0 aromatic heterocycles. The van der Waals surface area contributed by atoms with E-state index in [4.69, 9.17) is 23.4 Å². The first-order valence-corrected chi connectivity index (χ1v) is 3.67. The van der Waals surface area contributed by atoms with E-state index < -0.39 is 0 Å². The first kappa shape index (κ1) is 9.36. The summed E-state index contributed by atoms with van der Waals surface area (Å²) in [6.45, 7) is 2.83. The molecule has 0 saturated carbocycles. The predicted octanol–water partition coefficient (Wildman–Crippen LogP) is 0.639. The van der Waals surface area contributed by atoms with Crippen LogP contribution in [0, 0.1) is 5.41 Å². The fourth-order valence-corrected chi connectivity index (χ4v) is 0.780. The number of thiocarbonyl (C=S) groups is 1. The normalized spacial score (nSPS) is 8.90. The number of rotatable bonds is 4. The van der Waals surface area contributed by atoms with Crippen LogP contribution in [-0.2, 0) is 0 Å². The van der Waals surface area contributed by atoms with Crippen LogP contribution in [-0.4, -0.2) is 17.4 Å². The molecule has 0 unspecified atom stereocenters. The Balaban J connectivity index is 3.30. The van der Waals surface area contributed by atoms with Crippen molar-refractivity contribution in [3.05, 3.63) is 0 Å². The maximum absolute atomic E-state index is 6.91. The summed E-state index contributed by atoms with van der Waals surface area (Å²) in [5, 5.41) is 9.89. The molecule has 4 heteroatoms. The largest absolute Gasteiger partial charge is 0.388 e. The van der Waals surface area contributed by atoms with E-state index in [1.165, 1.54) is 0 Å². The molecule has 3 nitrogen and oxygen atoms in total. The van der Waals surface area contributed by atoms with E-state index in [1.807, 2.05) is 6.92 Å². The Kier molecular flexibility index (Phi) is 4.84. The van der Waals surface area contributed by atoms with Crippen LogP contribution in [0.15, 0.2) is 0 Å². The van der Waals surface area contributed by atoms with Crippen molar-refractivity contribution in [3.8, 4) is 0 Å². The fraction of sp³-hybridized carbons (Fsp3) is 0.667. The van der Waals surface area contributed by atoms with Crippen LogP contribution in [0.25, 0.3) is 0 Å². The molecule has 0 rings (SSSR count). The smallest absolute Gasteiger partial charge is 0.0909 e. The maximum atomic E-state index is 6.91. The first-order chi connectivity index (χ1) is 4.66. The molecule has 0 heterocycles. The van der Waals surface area contributed by atoms with Gasteiger partial charge in [-0.15, -0.1) is 0 Å². The Morgan fingerprint density at radius 3 is 2.60 bits per heavy atom. The molecule has 0 aromatic carbocycles. The third-order valence-corrected chi connectivity index (χ3v) is 1.34. The maximum Gasteiger partial charge on any atom is 0.0909 e. The van der Waals surface area contributed by atoms with Gasteiger partial charge in [0.1, 0.15) is 0 Å². The van der Waals surface area contributed by atoms with Gasteiger partial charge >= 0.3 is 0 Å². The summed E-state index contributed by atoms with van der Waals surface area (Å²) >= 11 is 4.91. The van der Waals surface area contributed by atoms with E-state index in [1.54, 1.807) is 0 Å². The van der Waals surface area contributed by atoms with Gasteiger partial charge in [0.25, 0.3) is 0 Å². The van der Waals surface area contributed by atoms with Crippen molar-refractivity contribution in [2.75, 3.05) is 6.54 Å². The molecule has 0 radical (unpaired) electrons. The van der Waals surface area contributed by atoms with Gasteiger partial charge in [-0.1, -0.05) is 12.2 Å². The van der Waals surface area contributed by atoms with Gasteiger partial charge in [-0.25, -0.2) is 0 Å². The molecule has 0 aliphatic rings.